The van der Waals surface area contributed by atoms with Crippen molar-refractivity contribution in [3.8, 4) is 11.5 Å². The fourth-order valence-corrected chi connectivity index (χ4v) is 4.00. The summed E-state index contributed by atoms with van der Waals surface area (Å²) in [6.45, 7) is 2.78. The molecular weight excluding hydrogens is 452 g/mol. The maximum absolute atomic E-state index is 12.4. The number of benzene rings is 3. The third-order valence-corrected chi connectivity index (χ3v) is 5.70. The molecule has 172 valence electrons. The average molecular weight is 475 g/mol. The second-order valence-corrected chi connectivity index (χ2v) is 8.30. The van der Waals surface area contributed by atoms with Gasteiger partial charge in [-0.3, -0.25) is 4.79 Å². The maximum Gasteiger partial charge on any atom is 0.335 e. The second-order valence-electron chi connectivity index (χ2n) is 7.27. The number of amides is 1. The molecule has 0 bridgehead atoms. The summed E-state index contributed by atoms with van der Waals surface area (Å²) in [5.41, 5.74) is 2.56. The van der Waals surface area contributed by atoms with E-state index in [-0.39, 0.29) is 18.1 Å². The Hall–Kier alpha value is -4.04. The van der Waals surface area contributed by atoms with Crippen LogP contribution in [0.2, 0.25) is 0 Å². The normalized spacial score (nSPS) is 15.4. The zero-order valence-corrected chi connectivity index (χ0v) is 19.2. The van der Waals surface area contributed by atoms with E-state index in [9.17, 15) is 9.59 Å². The molecular formula is C26H22N2O5S. The van der Waals surface area contributed by atoms with E-state index >= 15 is 0 Å². The van der Waals surface area contributed by atoms with Crippen molar-refractivity contribution in [1.29, 1.82) is 0 Å². The van der Waals surface area contributed by atoms with Crippen LogP contribution in [-0.2, 0) is 11.4 Å². The van der Waals surface area contributed by atoms with Crippen molar-refractivity contribution in [2.24, 2.45) is 4.99 Å². The first-order chi connectivity index (χ1) is 16.5. The van der Waals surface area contributed by atoms with Crippen molar-refractivity contribution in [3.05, 3.63) is 94.4 Å². The number of carbonyl (C=O) groups excluding carboxylic acids is 1. The summed E-state index contributed by atoms with van der Waals surface area (Å²) in [5, 5.41) is 12.4. The summed E-state index contributed by atoms with van der Waals surface area (Å²) in [6, 6.07) is 21.3. The number of carboxylic acid groups (broad SMARTS) is 1. The Kier molecular flexibility index (Phi) is 7.29. The number of ether oxygens (including phenoxy) is 2. The number of carboxylic acids is 1. The first-order valence-corrected chi connectivity index (χ1v) is 11.4. The Labute approximate surface area is 201 Å². The van der Waals surface area contributed by atoms with Crippen LogP contribution in [0.25, 0.3) is 6.08 Å². The van der Waals surface area contributed by atoms with Gasteiger partial charge in [-0.1, -0.05) is 24.3 Å². The lowest BCUT2D eigenvalue weighted by atomic mass is 10.1. The molecule has 3 aromatic carbocycles. The fourth-order valence-electron chi connectivity index (χ4n) is 3.15. The van der Waals surface area contributed by atoms with E-state index in [0.29, 0.717) is 22.4 Å². The van der Waals surface area contributed by atoms with Gasteiger partial charge in [0.25, 0.3) is 5.91 Å². The van der Waals surface area contributed by atoms with Crippen molar-refractivity contribution in [3.63, 3.8) is 0 Å². The Morgan fingerprint density at radius 2 is 1.74 bits per heavy atom. The summed E-state index contributed by atoms with van der Waals surface area (Å²) < 4.78 is 11.2. The molecule has 2 N–H and O–H groups in total. The first-order valence-electron chi connectivity index (χ1n) is 10.6. The highest BCUT2D eigenvalue weighted by Crippen LogP contribution is 2.29. The average Bonchev–Trinajstić information content (AvgIpc) is 3.18. The molecule has 0 radical (unpaired) electrons. The van der Waals surface area contributed by atoms with Crippen LogP contribution in [0.3, 0.4) is 0 Å². The van der Waals surface area contributed by atoms with Gasteiger partial charge in [0.15, 0.2) is 5.17 Å². The van der Waals surface area contributed by atoms with Crippen molar-refractivity contribution in [1.82, 2.24) is 5.32 Å². The number of nitrogens with zero attached hydrogens (tertiary/aromatic N) is 1. The van der Waals surface area contributed by atoms with E-state index in [4.69, 9.17) is 14.6 Å². The number of hydrogen-bond acceptors (Lipinski definition) is 6. The summed E-state index contributed by atoms with van der Waals surface area (Å²) in [6.07, 6.45) is 1.79. The van der Waals surface area contributed by atoms with Gasteiger partial charge >= 0.3 is 5.97 Å². The topological polar surface area (TPSA) is 97.2 Å². The van der Waals surface area contributed by atoms with Gasteiger partial charge in [-0.15, -0.1) is 0 Å². The van der Waals surface area contributed by atoms with Crippen LogP contribution in [0.15, 0.2) is 82.7 Å². The van der Waals surface area contributed by atoms with E-state index in [0.717, 1.165) is 22.6 Å². The van der Waals surface area contributed by atoms with Gasteiger partial charge in [-0.2, -0.15) is 0 Å². The maximum atomic E-state index is 12.4. The molecule has 1 saturated heterocycles. The zero-order chi connectivity index (χ0) is 23.9. The standard InChI is InChI=1S/C26H22N2O5S/c1-2-32-21-12-8-20(9-13-21)27-26-28-24(29)23(34-26)15-17-6-10-22(11-7-17)33-16-18-4-3-5-19(14-18)25(30)31/h3-15H,2,16H2,1H3,(H,30,31)(H,27,28,29)/b23-15-. The van der Waals surface area contributed by atoms with E-state index in [1.54, 1.807) is 36.4 Å². The van der Waals surface area contributed by atoms with Gasteiger partial charge in [0, 0.05) is 0 Å². The summed E-state index contributed by atoms with van der Waals surface area (Å²) in [5.74, 6) is 0.245. The molecule has 7 nitrogen and oxygen atoms in total. The van der Waals surface area contributed by atoms with E-state index in [2.05, 4.69) is 10.3 Å². The molecule has 0 spiro atoms. The Bertz CT molecular complexity index is 1250. The largest absolute Gasteiger partial charge is 0.494 e. The minimum atomic E-state index is -0.972. The molecule has 34 heavy (non-hydrogen) atoms. The molecule has 1 aliphatic heterocycles. The van der Waals surface area contributed by atoms with Crippen LogP contribution in [0, 0.1) is 0 Å². The number of thioether (sulfide) groups is 1. The number of rotatable bonds is 8. The van der Waals surface area contributed by atoms with Crippen molar-refractivity contribution < 1.29 is 24.2 Å². The number of hydrogen-bond donors (Lipinski definition) is 2. The van der Waals surface area contributed by atoms with Crippen LogP contribution in [0.1, 0.15) is 28.4 Å². The van der Waals surface area contributed by atoms with Gasteiger partial charge in [0.2, 0.25) is 0 Å². The minimum absolute atomic E-state index is 0.201. The number of aliphatic imine (C=N–C) groups is 1. The molecule has 0 aromatic heterocycles. The highest BCUT2D eigenvalue weighted by Gasteiger charge is 2.23. The Morgan fingerprint density at radius 1 is 1.03 bits per heavy atom. The molecule has 0 unspecified atom stereocenters. The predicted octanol–water partition coefficient (Wildman–Crippen LogP) is 5.25. The molecule has 1 amide bonds. The van der Waals surface area contributed by atoms with Crippen LogP contribution in [-0.4, -0.2) is 28.8 Å². The SMILES string of the molecule is CCOc1ccc(N=C2NC(=O)/C(=C/c3ccc(OCc4cccc(C(=O)O)c4)cc3)S2)cc1. The summed E-state index contributed by atoms with van der Waals surface area (Å²) >= 11 is 1.28. The fraction of sp³-hybridized carbons (Fsp3) is 0.115. The quantitative estimate of drug-likeness (QED) is 0.433. The van der Waals surface area contributed by atoms with E-state index in [1.807, 2.05) is 49.4 Å². The van der Waals surface area contributed by atoms with Gasteiger partial charge in [-0.05, 0) is 84.4 Å². The van der Waals surface area contributed by atoms with E-state index in [1.165, 1.54) is 11.8 Å². The summed E-state index contributed by atoms with van der Waals surface area (Å²) in [7, 11) is 0. The molecule has 0 atom stereocenters. The van der Waals surface area contributed by atoms with Crippen LogP contribution >= 0.6 is 11.8 Å². The highest BCUT2D eigenvalue weighted by atomic mass is 32.2. The number of amidine groups is 1. The minimum Gasteiger partial charge on any atom is -0.494 e. The third-order valence-electron chi connectivity index (χ3n) is 4.79. The van der Waals surface area contributed by atoms with Crippen molar-refractivity contribution in [2.75, 3.05) is 6.61 Å². The lowest BCUT2D eigenvalue weighted by molar-refractivity contribution is -0.115. The highest BCUT2D eigenvalue weighted by molar-refractivity contribution is 8.18. The Balaban J connectivity index is 1.37. The molecule has 4 rings (SSSR count). The van der Waals surface area contributed by atoms with Crippen molar-refractivity contribution in [2.45, 2.75) is 13.5 Å². The monoisotopic (exact) mass is 474 g/mol. The molecule has 8 heteroatoms. The Morgan fingerprint density at radius 3 is 2.44 bits per heavy atom. The lowest BCUT2D eigenvalue weighted by Gasteiger charge is -2.07. The van der Waals surface area contributed by atoms with Crippen molar-refractivity contribution >= 4 is 40.6 Å². The molecule has 0 saturated carbocycles. The molecule has 3 aromatic rings. The number of carbonyl (C=O) groups is 2. The smallest absolute Gasteiger partial charge is 0.335 e. The van der Waals surface area contributed by atoms with Crippen LogP contribution in [0.4, 0.5) is 5.69 Å². The van der Waals surface area contributed by atoms with Crippen LogP contribution < -0.4 is 14.8 Å². The summed E-state index contributed by atoms with van der Waals surface area (Å²) in [4.78, 5) is 28.5. The number of aromatic carboxylic acids is 1. The number of nitrogens with one attached hydrogen (secondary N) is 1. The van der Waals surface area contributed by atoms with Gasteiger partial charge in [0.05, 0.1) is 22.8 Å². The van der Waals surface area contributed by atoms with Gasteiger partial charge in [0.1, 0.15) is 18.1 Å². The first kappa shape index (κ1) is 23.1. The van der Waals surface area contributed by atoms with Gasteiger partial charge < -0.3 is 19.9 Å². The molecule has 0 aliphatic carbocycles. The zero-order valence-electron chi connectivity index (χ0n) is 18.4. The molecule has 1 heterocycles. The predicted molar refractivity (Wildman–Crippen MR) is 133 cm³/mol. The van der Waals surface area contributed by atoms with E-state index < -0.39 is 5.97 Å². The van der Waals surface area contributed by atoms with Crippen LogP contribution in [0.5, 0.6) is 11.5 Å². The lowest BCUT2D eigenvalue weighted by Crippen LogP contribution is -2.19. The third kappa shape index (κ3) is 6.05. The molecule has 1 aliphatic rings. The molecule has 1 fully saturated rings. The second kappa shape index (κ2) is 10.7. The van der Waals surface area contributed by atoms with Gasteiger partial charge in [-0.25, -0.2) is 9.79 Å².